The molecular formula is C15H26N4O. The Morgan fingerprint density at radius 3 is 2.90 bits per heavy atom. The normalized spacial score (nSPS) is 17.3. The molecule has 0 unspecified atom stereocenters. The second-order valence-electron chi connectivity index (χ2n) is 5.40. The summed E-state index contributed by atoms with van der Waals surface area (Å²) in [6.07, 6.45) is 6.35. The largest absolute Gasteiger partial charge is 0.378 e. The number of nitrogens with zero attached hydrogens (tertiary/aromatic N) is 3. The second-order valence-corrected chi connectivity index (χ2v) is 5.40. The van der Waals surface area contributed by atoms with E-state index in [1.165, 1.54) is 0 Å². The Morgan fingerprint density at radius 1 is 1.35 bits per heavy atom. The maximum absolute atomic E-state index is 5.91. The second kappa shape index (κ2) is 8.17. The molecule has 0 saturated carbocycles. The van der Waals surface area contributed by atoms with Crippen LogP contribution in [0.25, 0.3) is 0 Å². The lowest BCUT2D eigenvalue weighted by Gasteiger charge is -2.28. The van der Waals surface area contributed by atoms with E-state index in [-0.39, 0.29) is 0 Å². The fourth-order valence-corrected chi connectivity index (χ4v) is 2.38. The lowest BCUT2D eigenvalue weighted by atomic mass is 10.1. The van der Waals surface area contributed by atoms with Gasteiger partial charge in [0.25, 0.3) is 0 Å². The van der Waals surface area contributed by atoms with E-state index in [4.69, 9.17) is 4.74 Å². The van der Waals surface area contributed by atoms with Crippen molar-refractivity contribution in [2.45, 2.75) is 38.7 Å². The highest BCUT2D eigenvalue weighted by Crippen LogP contribution is 2.12. The molecule has 5 heteroatoms. The van der Waals surface area contributed by atoms with Crippen LogP contribution in [0.15, 0.2) is 12.4 Å². The van der Waals surface area contributed by atoms with Gasteiger partial charge in [-0.1, -0.05) is 6.92 Å². The molecule has 0 radical (unpaired) electrons. The summed E-state index contributed by atoms with van der Waals surface area (Å²) < 4.78 is 5.91. The third kappa shape index (κ3) is 5.06. The van der Waals surface area contributed by atoms with Crippen molar-refractivity contribution < 1.29 is 4.74 Å². The number of anilines is 1. The maximum Gasteiger partial charge on any atom is 0.129 e. The van der Waals surface area contributed by atoms with Crippen LogP contribution in [0.5, 0.6) is 0 Å². The zero-order valence-electron chi connectivity index (χ0n) is 12.6. The lowest BCUT2D eigenvalue weighted by molar-refractivity contribution is 0.0125. The molecule has 0 bridgehead atoms. The molecule has 20 heavy (non-hydrogen) atoms. The zero-order chi connectivity index (χ0) is 14.2. The van der Waals surface area contributed by atoms with Crippen molar-refractivity contribution in [3.63, 3.8) is 0 Å². The average molecular weight is 278 g/mol. The van der Waals surface area contributed by atoms with Crippen LogP contribution in [0.3, 0.4) is 0 Å². The number of aromatic nitrogens is 2. The van der Waals surface area contributed by atoms with Gasteiger partial charge >= 0.3 is 0 Å². The zero-order valence-corrected chi connectivity index (χ0v) is 12.6. The fourth-order valence-electron chi connectivity index (χ4n) is 2.38. The first kappa shape index (κ1) is 15.2. The van der Waals surface area contributed by atoms with E-state index in [0.717, 1.165) is 63.4 Å². The summed E-state index contributed by atoms with van der Waals surface area (Å²) in [7, 11) is 2.17. The van der Waals surface area contributed by atoms with E-state index in [2.05, 4.69) is 34.2 Å². The molecule has 112 valence electrons. The van der Waals surface area contributed by atoms with Crippen LogP contribution in [0.2, 0.25) is 0 Å². The van der Waals surface area contributed by atoms with Gasteiger partial charge in [-0.15, -0.1) is 0 Å². The van der Waals surface area contributed by atoms with Crippen molar-refractivity contribution in [3.8, 4) is 0 Å². The first-order chi connectivity index (χ1) is 9.78. The number of piperidine rings is 1. The molecule has 1 aliphatic rings. The molecule has 1 saturated heterocycles. The predicted octanol–water partition coefficient (Wildman–Crippen LogP) is 1.95. The molecule has 1 N–H and O–H groups in total. The Hall–Kier alpha value is -1.20. The van der Waals surface area contributed by atoms with Gasteiger partial charge in [0.05, 0.1) is 6.10 Å². The Labute approximate surface area is 121 Å². The first-order valence-corrected chi connectivity index (χ1v) is 7.63. The van der Waals surface area contributed by atoms with Crippen molar-refractivity contribution in [2.75, 3.05) is 38.6 Å². The van der Waals surface area contributed by atoms with Crippen LogP contribution < -0.4 is 5.32 Å². The molecule has 0 aliphatic carbocycles. The third-order valence-corrected chi connectivity index (χ3v) is 3.73. The van der Waals surface area contributed by atoms with Crippen molar-refractivity contribution in [1.29, 1.82) is 0 Å². The van der Waals surface area contributed by atoms with Gasteiger partial charge in [0, 0.05) is 38.0 Å². The Bertz CT molecular complexity index is 391. The van der Waals surface area contributed by atoms with Gasteiger partial charge in [-0.25, -0.2) is 9.97 Å². The minimum Gasteiger partial charge on any atom is -0.378 e. The molecule has 1 fully saturated rings. The number of hydrogen-bond donors (Lipinski definition) is 1. The molecule has 1 aromatic rings. The van der Waals surface area contributed by atoms with Gasteiger partial charge in [-0.2, -0.15) is 0 Å². The summed E-state index contributed by atoms with van der Waals surface area (Å²) in [5.41, 5.74) is 1.07. The topological polar surface area (TPSA) is 50.3 Å². The molecule has 1 aliphatic heterocycles. The molecule has 0 amide bonds. The molecule has 2 heterocycles. The Morgan fingerprint density at radius 2 is 2.15 bits per heavy atom. The molecular weight excluding hydrogens is 252 g/mol. The first-order valence-electron chi connectivity index (χ1n) is 7.63. The summed E-state index contributed by atoms with van der Waals surface area (Å²) in [5.74, 6) is 0.913. The highest BCUT2D eigenvalue weighted by molar-refractivity contribution is 5.34. The van der Waals surface area contributed by atoms with Crippen molar-refractivity contribution in [1.82, 2.24) is 14.9 Å². The standard InChI is InChI=1S/C15H26N4O/c1-3-13-11-15(18-12-17-13)16-7-4-10-20-14-5-8-19(2)9-6-14/h11-12,14H,3-10H2,1-2H3,(H,16,17,18). The van der Waals surface area contributed by atoms with Crippen molar-refractivity contribution in [3.05, 3.63) is 18.1 Å². The summed E-state index contributed by atoms with van der Waals surface area (Å²) >= 11 is 0. The van der Waals surface area contributed by atoms with E-state index in [1.807, 2.05) is 6.07 Å². The van der Waals surface area contributed by atoms with Gasteiger partial charge < -0.3 is 15.0 Å². The highest BCUT2D eigenvalue weighted by atomic mass is 16.5. The summed E-state index contributed by atoms with van der Waals surface area (Å²) in [4.78, 5) is 10.8. The van der Waals surface area contributed by atoms with Gasteiger partial charge in [0.1, 0.15) is 12.1 Å². The Kier molecular flexibility index (Phi) is 6.21. The van der Waals surface area contributed by atoms with Crippen LogP contribution in [0.1, 0.15) is 31.9 Å². The average Bonchev–Trinajstić information content (AvgIpc) is 2.49. The number of aryl methyl sites for hydroxylation is 1. The van der Waals surface area contributed by atoms with Crippen molar-refractivity contribution in [2.24, 2.45) is 0 Å². The quantitative estimate of drug-likeness (QED) is 0.773. The third-order valence-electron chi connectivity index (χ3n) is 3.73. The van der Waals surface area contributed by atoms with Gasteiger partial charge in [0.15, 0.2) is 0 Å². The SMILES string of the molecule is CCc1cc(NCCCOC2CCN(C)CC2)ncn1. The van der Waals surface area contributed by atoms with Crippen LogP contribution >= 0.6 is 0 Å². The number of likely N-dealkylation sites (tertiary alicyclic amines) is 1. The maximum atomic E-state index is 5.91. The fraction of sp³-hybridized carbons (Fsp3) is 0.733. The van der Waals surface area contributed by atoms with E-state index < -0.39 is 0 Å². The number of ether oxygens (including phenoxy) is 1. The van der Waals surface area contributed by atoms with E-state index in [1.54, 1.807) is 6.33 Å². The van der Waals surface area contributed by atoms with Gasteiger partial charge in [-0.05, 0) is 32.7 Å². The Balaban J connectivity index is 1.57. The van der Waals surface area contributed by atoms with Gasteiger partial charge in [-0.3, -0.25) is 0 Å². The minimum absolute atomic E-state index is 0.456. The minimum atomic E-state index is 0.456. The molecule has 0 atom stereocenters. The summed E-state index contributed by atoms with van der Waals surface area (Å²) in [6.45, 7) is 6.13. The van der Waals surface area contributed by atoms with Crippen LogP contribution in [-0.2, 0) is 11.2 Å². The van der Waals surface area contributed by atoms with E-state index in [9.17, 15) is 0 Å². The smallest absolute Gasteiger partial charge is 0.129 e. The lowest BCUT2D eigenvalue weighted by Crippen LogP contribution is -2.34. The van der Waals surface area contributed by atoms with E-state index >= 15 is 0 Å². The highest BCUT2D eigenvalue weighted by Gasteiger charge is 2.16. The summed E-state index contributed by atoms with van der Waals surface area (Å²) in [5, 5.41) is 3.32. The number of rotatable bonds is 7. The number of hydrogen-bond acceptors (Lipinski definition) is 5. The molecule has 2 rings (SSSR count). The molecule has 1 aromatic heterocycles. The van der Waals surface area contributed by atoms with Crippen LogP contribution in [0.4, 0.5) is 5.82 Å². The molecule has 0 aromatic carbocycles. The molecule has 0 spiro atoms. The summed E-state index contributed by atoms with van der Waals surface area (Å²) in [6, 6.07) is 2.01. The number of nitrogens with one attached hydrogen (secondary N) is 1. The van der Waals surface area contributed by atoms with Gasteiger partial charge in [0.2, 0.25) is 0 Å². The van der Waals surface area contributed by atoms with Crippen LogP contribution in [-0.4, -0.2) is 54.3 Å². The monoisotopic (exact) mass is 278 g/mol. The molecule has 5 nitrogen and oxygen atoms in total. The van der Waals surface area contributed by atoms with E-state index in [0.29, 0.717) is 6.10 Å². The van der Waals surface area contributed by atoms with Crippen molar-refractivity contribution >= 4 is 5.82 Å². The van der Waals surface area contributed by atoms with Crippen LogP contribution in [0, 0.1) is 0 Å². The predicted molar refractivity (Wildman–Crippen MR) is 81.0 cm³/mol.